The van der Waals surface area contributed by atoms with E-state index < -0.39 is 0 Å². The zero-order valence-electron chi connectivity index (χ0n) is 18.9. The fourth-order valence-electron chi connectivity index (χ4n) is 4.90. The number of nitrogens with one attached hydrogen (secondary N) is 2. The quantitative estimate of drug-likeness (QED) is 0.693. The smallest absolute Gasteiger partial charge is 0.255 e. The Morgan fingerprint density at radius 1 is 1.19 bits per heavy atom. The fraction of sp³-hybridized carbons (Fsp3) is 0.560. The Labute approximate surface area is 189 Å². The first-order chi connectivity index (χ1) is 15.6. The fourth-order valence-corrected chi connectivity index (χ4v) is 4.90. The minimum absolute atomic E-state index is 0.0134. The van der Waals surface area contributed by atoms with E-state index in [2.05, 4.69) is 27.4 Å². The molecule has 0 bridgehead atoms. The van der Waals surface area contributed by atoms with Crippen molar-refractivity contribution in [2.45, 2.75) is 57.9 Å². The van der Waals surface area contributed by atoms with Crippen LogP contribution in [0, 0.1) is 12.8 Å². The van der Waals surface area contributed by atoms with Gasteiger partial charge >= 0.3 is 0 Å². The largest absolute Gasteiger partial charge is 0.378 e. The number of ether oxygens (including phenoxy) is 1. The van der Waals surface area contributed by atoms with Crippen LogP contribution in [0.15, 0.2) is 35.1 Å². The summed E-state index contributed by atoms with van der Waals surface area (Å²) in [6.45, 7) is 4.54. The average molecular weight is 439 g/mol. The van der Waals surface area contributed by atoms with E-state index in [1.165, 1.54) is 24.8 Å². The Balaban J connectivity index is 1.41. The van der Waals surface area contributed by atoms with E-state index in [1.807, 2.05) is 30.0 Å². The molecule has 1 aromatic heterocycles. The summed E-state index contributed by atoms with van der Waals surface area (Å²) in [7, 11) is 0. The van der Waals surface area contributed by atoms with Crippen LogP contribution in [0.5, 0.6) is 0 Å². The number of carbonyl (C=O) groups excluding carboxylic acids is 1. The minimum Gasteiger partial charge on any atom is -0.378 e. The molecule has 1 amide bonds. The average Bonchev–Trinajstić information content (AvgIpc) is 2.83. The molecule has 1 unspecified atom stereocenters. The molecule has 7 heteroatoms. The second-order valence-corrected chi connectivity index (χ2v) is 8.91. The molecule has 7 nitrogen and oxygen atoms in total. The number of rotatable bonds is 7. The predicted octanol–water partition coefficient (Wildman–Crippen LogP) is 3.29. The number of aromatic amines is 1. The molecule has 0 radical (unpaired) electrons. The van der Waals surface area contributed by atoms with Crippen molar-refractivity contribution in [3.8, 4) is 0 Å². The first-order valence-electron chi connectivity index (χ1n) is 11.9. The highest BCUT2D eigenvalue weighted by Crippen LogP contribution is 2.34. The van der Waals surface area contributed by atoms with Gasteiger partial charge in [-0.1, -0.05) is 49.6 Å². The summed E-state index contributed by atoms with van der Waals surface area (Å²) in [5.41, 5.74) is 2.29. The number of aromatic nitrogens is 2. The molecule has 0 spiro atoms. The number of hydrogen-bond donors (Lipinski definition) is 2. The molecule has 1 atom stereocenters. The summed E-state index contributed by atoms with van der Waals surface area (Å²) in [6, 6.07) is 10.3. The van der Waals surface area contributed by atoms with Crippen LogP contribution in [0.25, 0.3) is 0 Å². The Hall–Kier alpha value is -2.67. The van der Waals surface area contributed by atoms with Crippen LogP contribution in [0.2, 0.25) is 0 Å². The second-order valence-electron chi connectivity index (χ2n) is 8.91. The Bertz CT molecular complexity index is 947. The molecule has 172 valence electrons. The number of morpholine rings is 1. The Morgan fingerprint density at radius 2 is 1.91 bits per heavy atom. The van der Waals surface area contributed by atoms with Crippen LogP contribution in [0.3, 0.4) is 0 Å². The number of hydrogen-bond acceptors (Lipinski definition) is 5. The van der Waals surface area contributed by atoms with Crippen molar-refractivity contribution in [2.75, 3.05) is 31.2 Å². The normalized spacial score (nSPS) is 18.3. The van der Waals surface area contributed by atoms with Crippen LogP contribution >= 0.6 is 0 Å². The van der Waals surface area contributed by atoms with Crippen molar-refractivity contribution in [1.82, 2.24) is 15.3 Å². The van der Waals surface area contributed by atoms with Gasteiger partial charge < -0.3 is 15.0 Å². The number of amides is 1. The van der Waals surface area contributed by atoms with Crippen molar-refractivity contribution in [3.05, 3.63) is 57.5 Å². The number of anilines is 1. The lowest BCUT2D eigenvalue weighted by atomic mass is 9.81. The van der Waals surface area contributed by atoms with E-state index in [0.29, 0.717) is 55.8 Å². The van der Waals surface area contributed by atoms with E-state index in [9.17, 15) is 9.59 Å². The van der Waals surface area contributed by atoms with Gasteiger partial charge in [0.2, 0.25) is 11.9 Å². The third-order valence-electron chi connectivity index (χ3n) is 6.72. The lowest BCUT2D eigenvalue weighted by Gasteiger charge is -2.31. The topological polar surface area (TPSA) is 87.3 Å². The van der Waals surface area contributed by atoms with Gasteiger partial charge in [-0.25, -0.2) is 4.98 Å². The number of nitrogens with zero attached hydrogens (tertiary/aromatic N) is 2. The number of aryl methyl sites for hydroxylation is 1. The first-order valence-corrected chi connectivity index (χ1v) is 11.9. The summed E-state index contributed by atoms with van der Waals surface area (Å²) in [6.07, 6.45) is 6.67. The van der Waals surface area contributed by atoms with E-state index >= 15 is 0 Å². The molecule has 1 saturated heterocycles. The van der Waals surface area contributed by atoms with Crippen molar-refractivity contribution >= 4 is 11.9 Å². The van der Waals surface area contributed by atoms with Gasteiger partial charge in [0.15, 0.2) is 0 Å². The van der Waals surface area contributed by atoms with E-state index in [1.54, 1.807) is 0 Å². The predicted molar refractivity (Wildman–Crippen MR) is 125 cm³/mol. The minimum atomic E-state index is -0.154. The number of H-pyrrole nitrogens is 1. The van der Waals surface area contributed by atoms with Crippen molar-refractivity contribution in [2.24, 2.45) is 5.92 Å². The van der Waals surface area contributed by atoms with Crippen molar-refractivity contribution in [1.29, 1.82) is 0 Å². The van der Waals surface area contributed by atoms with E-state index in [4.69, 9.17) is 4.74 Å². The molecule has 4 rings (SSSR count). The van der Waals surface area contributed by atoms with Gasteiger partial charge in [-0.15, -0.1) is 0 Å². The molecule has 1 saturated carbocycles. The highest BCUT2D eigenvalue weighted by Gasteiger charge is 2.26. The van der Waals surface area contributed by atoms with Crippen molar-refractivity contribution in [3.63, 3.8) is 0 Å². The van der Waals surface area contributed by atoms with Crippen LogP contribution < -0.4 is 15.8 Å². The van der Waals surface area contributed by atoms with Crippen LogP contribution in [-0.2, 0) is 16.0 Å². The third-order valence-corrected chi connectivity index (χ3v) is 6.72. The van der Waals surface area contributed by atoms with Crippen LogP contribution in [-0.4, -0.2) is 42.2 Å². The molecule has 1 aliphatic heterocycles. The molecule has 2 fully saturated rings. The summed E-state index contributed by atoms with van der Waals surface area (Å²) in [4.78, 5) is 35.2. The number of carbonyl (C=O) groups is 1. The highest BCUT2D eigenvalue weighted by atomic mass is 16.5. The second kappa shape index (κ2) is 10.8. The number of benzene rings is 1. The lowest BCUT2D eigenvalue weighted by Crippen LogP contribution is -2.39. The van der Waals surface area contributed by atoms with Gasteiger partial charge in [0, 0.05) is 30.8 Å². The highest BCUT2D eigenvalue weighted by molar-refractivity contribution is 5.76. The summed E-state index contributed by atoms with van der Waals surface area (Å²) >= 11 is 0. The monoisotopic (exact) mass is 438 g/mol. The maximum absolute atomic E-state index is 12.9. The lowest BCUT2D eigenvalue weighted by molar-refractivity contribution is -0.122. The Kier molecular flexibility index (Phi) is 7.58. The standard InChI is InChI=1S/C25H34N4O3/c1-18-21(24(31)28-25(26-18)29-14-16-32-17-15-29)12-13-22(30)27-23(19-8-4-2-5-9-19)20-10-6-3-7-11-20/h2,4-5,8-9,20,23H,3,6-7,10-17H2,1H3,(H,27,30)(H,26,28,31). The molecular formula is C25H34N4O3. The first kappa shape index (κ1) is 22.5. The molecule has 2 aliphatic rings. The zero-order valence-corrected chi connectivity index (χ0v) is 18.9. The maximum Gasteiger partial charge on any atom is 0.255 e. The maximum atomic E-state index is 12.9. The van der Waals surface area contributed by atoms with Crippen LogP contribution in [0.1, 0.15) is 61.4 Å². The van der Waals surface area contributed by atoms with Gasteiger partial charge in [0.1, 0.15) is 0 Å². The third kappa shape index (κ3) is 5.57. The van der Waals surface area contributed by atoms with Crippen LogP contribution in [0.4, 0.5) is 5.95 Å². The molecule has 2 heterocycles. The molecule has 1 aromatic carbocycles. The van der Waals surface area contributed by atoms with E-state index in [0.717, 1.165) is 12.8 Å². The summed E-state index contributed by atoms with van der Waals surface area (Å²) in [5.74, 6) is 1.04. The molecule has 32 heavy (non-hydrogen) atoms. The molecular weight excluding hydrogens is 404 g/mol. The summed E-state index contributed by atoms with van der Waals surface area (Å²) < 4.78 is 5.37. The van der Waals surface area contributed by atoms with Gasteiger partial charge in [-0.05, 0) is 37.7 Å². The summed E-state index contributed by atoms with van der Waals surface area (Å²) in [5, 5.41) is 3.28. The molecule has 2 N–H and O–H groups in total. The van der Waals surface area contributed by atoms with Gasteiger partial charge in [-0.3, -0.25) is 14.6 Å². The SMILES string of the molecule is Cc1nc(N2CCOCC2)[nH]c(=O)c1CCC(=O)NC(c1ccccc1)C1CCCCC1. The van der Waals surface area contributed by atoms with Gasteiger partial charge in [0.25, 0.3) is 5.56 Å². The Morgan fingerprint density at radius 3 is 2.59 bits per heavy atom. The molecule has 1 aliphatic carbocycles. The van der Waals surface area contributed by atoms with E-state index in [-0.39, 0.29) is 23.9 Å². The zero-order chi connectivity index (χ0) is 22.3. The van der Waals surface area contributed by atoms with Gasteiger partial charge in [-0.2, -0.15) is 0 Å². The van der Waals surface area contributed by atoms with Crippen molar-refractivity contribution < 1.29 is 9.53 Å². The van der Waals surface area contributed by atoms with Gasteiger partial charge in [0.05, 0.1) is 19.3 Å². The molecule has 2 aromatic rings.